The first-order valence-corrected chi connectivity index (χ1v) is 6.99. The van der Waals surface area contributed by atoms with Crippen LogP contribution in [-0.2, 0) is 0 Å². The maximum absolute atomic E-state index is 9.17. The summed E-state index contributed by atoms with van der Waals surface area (Å²) in [5.41, 5.74) is 1.22. The summed E-state index contributed by atoms with van der Waals surface area (Å²) in [6.45, 7) is 2.15. The molecule has 1 aromatic carbocycles. The fourth-order valence-corrected chi connectivity index (χ4v) is 2.78. The number of hydrogen-bond donors (Lipinski definition) is 1. The standard InChI is InChI=1S/C15H19ClN2/c1-11(12-6-8-14(16)9-7-12)18-15-5-3-2-4-13(15)10-17/h6-9,11,13,15,18H,2-5H2,1H3. The second-order valence-electron chi connectivity index (χ2n) is 5.07. The number of benzene rings is 1. The molecule has 0 aliphatic heterocycles. The summed E-state index contributed by atoms with van der Waals surface area (Å²) in [6.07, 6.45) is 4.55. The number of nitrogens with zero attached hydrogens (tertiary/aromatic N) is 1. The molecule has 3 unspecified atom stereocenters. The second-order valence-corrected chi connectivity index (χ2v) is 5.50. The lowest BCUT2D eigenvalue weighted by atomic mass is 9.85. The van der Waals surface area contributed by atoms with Crippen molar-refractivity contribution in [1.82, 2.24) is 5.32 Å². The van der Waals surface area contributed by atoms with E-state index in [0.29, 0.717) is 6.04 Å². The Morgan fingerprint density at radius 2 is 1.94 bits per heavy atom. The molecule has 0 radical (unpaired) electrons. The van der Waals surface area contributed by atoms with Gasteiger partial charge in [0.05, 0.1) is 12.0 Å². The molecular formula is C15H19ClN2. The summed E-state index contributed by atoms with van der Waals surface area (Å²) in [7, 11) is 0. The van der Waals surface area contributed by atoms with E-state index in [1.165, 1.54) is 18.4 Å². The van der Waals surface area contributed by atoms with Gasteiger partial charge in [-0.25, -0.2) is 0 Å². The predicted molar refractivity (Wildman–Crippen MR) is 74.4 cm³/mol. The minimum Gasteiger partial charge on any atom is -0.306 e. The number of halogens is 1. The minimum absolute atomic E-state index is 0.161. The maximum Gasteiger partial charge on any atom is 0.0672 e. The molecule has 96 valence electrons. The van der Waals surface area contributed by atoms with Crippen LogP contribution in [0, 0.1) is 17.2 Å². The number of nitrogens with one attached hydrogen (secondary N) is 1. The van der Waals surface area contributed by atoms with Gasteiger partial charge in [0.2, 0.25) is 0 Å². The molecule has 0 aromatic heterocycles. The highest BCUT2D eigenvalue weighted by atomic mass is 35.5. The van der Waals surface area contributed by atoms with Crippen LogP contribution in [0.25, 0.3) is 0 Å². The van der Waals surface area contributed by atoms with Crippen LogP contribution in [0.4, 0.5) is 0 Å². The molecule has 0 saturated heterocycles. The summed E-state index contributed by atoms with van der Waals surface area (Å²) in [5.74, 6) is 0.161. The van der Waals surface area contributed by atoms with Gasteiger partial charge in [-0.15, -0.1) is 0 Å². The lowest BCUT2D eigenvalue weighted by molar-refractivity contribution is 0.292. The van der Waals surface area contributed by atoms with Crippen LogP contribution in [-0.4, -0.2) is 6.04 Å². The highest BCUT2D eigenvalue weighted by molar-refractivity contribution is 6.30. The molecule has 0 heterocycles. The van der Waals surface area contributed by atoms with Gasteiger partial charge in [0.1, 0.15) is 0 Å². The van der Waals surface area contributed by atoms with Crippen LogP contribution >= 0.6 is 11.6 Å². The molecule has 0 bridgehead atoms. The highest BCUT2D eigenvalue weighted by Crippen LogP contribution is 2.26. The van der Waals surface area contributed by atoms with E-state index >= 15 is 0 Å². The minimum atomic E-state index is 0.161. The van der Waals surface area contributed by atoms with E-state index in [4.69, 9.17) is 11.6 Å². The summed E-state index contributed by atoms with van der Waals surface area (Å²) >= 11 is 5.89. The second kappa shape index (κ2) is 6.22. The quantitative estimate of drug-likeness (QED) is 0.891. The first kappa shape index (κ1) is 13.4. The molecule has 0 amide bonds. The highest BCUT2D eigenvalue weighted by Gasteiger charge is 2.26. The monoisotopic (exact) mass is 262 g/mol. The maximum atomic E-state index is 9.17. The van der Waals surface area contributed by atoms with Gasteiger partial charge < -0.3 is 5.32 Å². The van der Waals surface area contributed by atoms with Crippen LogP contribution in [0.15, 0.2) is 24.3 Å². The Labute approximate surface area is 114 Å². The summed E-state index contributed by atoms with van der Waals surface area (Å²) in [5, 5.41) is 13.5. The summed E-state index contributed by atoms with van der Waals surface area (Å²) in [6, 6.07) is 10.9. The van der Waals surface area contributed by atoms with Crippen LogP contribution in [0.5, 0.6) is 0 Å². The van der Waals surface area contributed by atoms with E-state index in [2.05, 4.69) is 18.3 Å². The van der Waals surface area contributed by atoms with Crippen LogP contribution < -0.4 is 5.32 Å². The first-order chi connectivity index (χ1) is 8.70. The predicted octanol–water partition coefficient (Wildman–Crippen LogP) is 4.07. The molecule has 2 nitrogen and oxygen atoms in total. The first-order valence-electron chi connectivity index (χ1n) is 6.62. The Hall–Kier alpha value is -1.04. The molecule has 1 aliphatic rings. The Morgan fingerprint density at radius 3 is 2.61 bits per heavy atom. The van der Waals surface area contributed by atoms with Crippen molar-refractivity contribution < 1.29 is 0 Å². The van der Waals surface area contributed by atoms with Crippen molar-refractivity contribution in [2.75, 3.05) is 0 Å². The Morgan fingerprint density at radius 1 is 1.28 bits per heavy atom. The van der Waals surface area contributed by atoms with E-state index in [0.717, 1.165) is 17.9 Å². The Balaban J connectivity index is 1.99. The van der Waals surface area contributed by atoms with Crippen molar-refractivity contribution in [1.29, 1.82) is 5.26 Å². The van der Waals surface area contributed by atoms with Gasteiger partial charge in [0.15, 0.2) is 0 Å². The van der Waals surface area contributed by atoms with Crippen molar-refractivity contribution in [3.63, 3.8) is 0 Å². The normalized spacial score (nSPS) is 25.4. The fraction of sp³-hybridized carbons (Fsp3) is 0.533. The molecule has 3 atom stereocenters. The van der Waals surface area contributed by atoms with Crippen molar-refractivity contribution >= 4 is 11.6 Å². The fourth-order valence-electron chi connectivity index (χ4n) is 2.65. The molecule has 18 heavy (non-hydrogen) atoms. The summed E-state index contributed by atoms with van der Waals surface area (Å²) < 4.78 is 0. The topological polar surface area (TPSA) is 35.8 Å². The van der Waals surface area contributed by atoms with E-state index in [9.17, 15) is 5.26 Å². The Kier molecular flexibility index (Phi) is 4.63. The number of rotatable bonds is 3. The Bertz CT molecular complexity index is 421. The van der Waals surface area contributed by atoms with Crippen LogP contribution in [0.3, 0.4) is 0 Å². The van der Waals surface area contributed by atoms with Gasteiger partial charge in [0, 0.05) is 17.1 Å². The molecule has 3 heteroatoms. The third-order valence-corrected chi connectivity index (χ3v) is 4.02. The zero-order chi connectivity index (χ0) is 13.0. The van der Waals surface area contributed by atoms with Crippen molar-refractivity contribution in [3.05, 3.63) is 34.9 Å². The largest absolute Gasteiger partial charge is 0.306 e. The van der Waals surface area contributed by atoms with Gasteiger partial charge in [-0.2, -0.15) is 5.26 Å². The average Bonchev–Trinajstić information content (AvgIpc) is 2.40. The third kappa shape index (κ3) is 3.25. The lowest BCUT2D eigenvalue weighted by Crippen LogP contribution is -2.39. The zero-order valence-electron chi connectivity index (χ0n) is 10.7. The van der Waals surface area contributed by atoms with Crippen molar-refractivity contribution in [3.8, 4) is 6.07 Å². The molecule has 1 saturated carbocycles. The van der Waals surface area contributed by atoms with E-state index in [1.54, 1.807) is 0 Å². The molecular weight excluding hydrogens is 244 g/mol. The molecule has 1 aliphatic carbocycles. The van der Waals surface area contributed by atoms with E-state index in [1.807, 2.05) is 24.3 Å². The molecule has 1 fully saturated rings. The zero-order valence-corrected chi connectivity index (χ0v) is 11.5. The third-order valence-electron chi connectivity index (χ3n) is 3.77. The van der Waals surface area contributed by atoms with Gasteiger partial charge in [-0.1, -0.05) is 36.6 Å². The molecule has 1 N–H and O–H groups in total. The van der Waals surface area contributed by atoms with Crippen LogP contribution in [0.1, 0.15) is 44.2 Å². The van der Waals surface area contributed by atoms with Gasteiger partial charge in [-0.05, 0) is 37.5 Å². The van der Waals surface area contributed by atoms with Gasteiger partial charge >= 0.3 is 0 Å². The number of nitriles is 1. The van der Waals surface area contributed by atoms with E-state index < -0.39 is 0 Å². The molecule has 0 spiro atoms. The SMILES string of the molecule is CC(NC1CCCCC1C#N)c1ccc(Cl)cc1. The molecule has 1 aromatic rings. The van der Waals surface area contributed by atoms with Gasteiger partial charge in [0.25, 0.3) is 0 Å². The average molecular weight is 263 g/mol. The smallest absolute Gasteiger partial charge is 0.0672 e. The summed E-state index contributed by atoms with van der Waals surface area (Å²) in [4.78, 5) is 0. The number of hydrogen-bond acceptors (Lipinski definition) is 2. The van der Waals surface area contributed by atoms with Crippen molar-refractivity contribution in [2.45, 2.75) is 44.7 Å². The van der Waals surface area contributed by atoms with E-state index in [-0.39, 0.29) is 12.0 Å². The lowest BCUT2D eigenvalue weighted by Gasteiger charge is -2.30. The van der Waals surface area contributed by atoms with Crippen LogP contribution in [0.2, 0.25) is 5.02 Å². The van der Waals surface area contributed by atoms with Crippen molar-refractivity contribution in [2.24, 2.45) is 5.92 Å². The van der Waals surface area contributed by atoms with Gasteiger partial charge in [-0.3, -0.25) is 0 Å². The molecule has 2 rings (SSSR count).